The van der Waals surface area contributed by atoms with Crippen LogP contribution in [0.1, 0.15) is 51.6 Å². The van der Waals surface area contributed by atoms with Crippen molar-refractivity contribution in [1.82, 2.24) is 15.5 Å². The summed E-state index contributed by atoms with van der Waals surface area (Å²) in [4.78, 5) is 86.3. The number of nitro groups is 1. The number of nitrogens with two attached hydrogens (primary N) is 1. The van der Waals surface area contributed by atoms with Gasteiger partial charge in [0.05, 0.1) is 41.8 Å². The maximum absolute atomic E-state index is 16.3. The fraction of sp³-hybridized carbons (Fsp3) is 0.220. The third-order valence-corrected chi connectivity index (χ3v) is 12.0. The molecule has 0 aromatic heterocycles. The van der Waals surface area contributed by atoms with E-state index >= 15 is 14.4 Å². The van der Waals surface area contributed by atoms with Gasteiger partial charge in [-0.2, -0.15) is 0 Å². The number of primary amides is 1. The number of hydrogen-bond acceptors (Lipinski definition) is 12. The number of carbonyl (C=O) groups excluding carboxylic acids is 5. The molecule has 8 rings (SSSR count). The Morgan fingerprint density at radius 2 is 1.60 bits per heavy atom. The number of nitrogens with one attached hydrogen (secondary N) is 2. The number of non-ortho nitro benzene ring substituents is 1. The van der Waals surface area contributed by atoms with Crippen LogP contribution in [0.2, 0.25) is 0 Å². The van der Waals surface area contributed by atoms with Crippen LogP contribution in [0.25, 0.3) is 0 Å². The molecule has 5 amide bonds. The van der Waals surface area contributed by atoms with Gasteiger partial charge in [-0.05, 0) is 70.3 Å². The molecule has 0 saturated carbocycles. The third kappa shape index (κ3) is 8.54. The summed E-state index contributed by atoms with van der Waals surface area (Å²) < 4.78 is 18.2. The molecule has 3 aliphatic heterocycles. The Morgan fingerprint density at radius 3 is 2.27 bits per heavy atom. The van der Waals surface area contributed by atoms with Crippen molar-refractivity contribution >= 4 is 41.3 Å². The van der Waals surface area contributed by atoms with Gasteiger partial charge in [0.25, 0.3) is 5.69 Å². The Balaban J connectivity index is 1.41. The third-order valence-electron chi connectivity index (χ3n) is 12.0. The molecule has 5 N–H and O–H groups in total. The number of aliphatic hydroxyl groups excluding tert-OH is 1. The number of anilines is 1. The number of nitro benzene ring substituents is 1. The Kier molecular flexibility index (Phi) is 13.1. The molecule has 6 atom stereocenters. The number of imide groups is 1. The highest BCUT2D eigenvalue weighted by Gasteiger charge is 2.75. The van der Waals surface area contributed by atoms with E-state index in [1.807, 2.05) is 65.6 Å². The number of amides is 5. The van der Waals surface area contributed by atoms with E-state index in [-0.39, 0.29) is 43.2 Å². The van der Waals surface area contributed by atoms with Crippen LogP contribution in [0.3, 0.4) is 0 Å². The van der Waals surface area contributed by atoms with Crippen molar-refractivity contribution in [3.05, 3.63) is 184 Å². The Hall–Kier alpha value is -8.33. The van der Waals surface area contributed by atoms with E-state index in [9.17, 15) is 24.8 Å². The summed E-state index contributed by atoms with van der Waals surface area (Å²) in [5.74, 6) is 2.05. The van der Waals surface area contributed by atoms with Crippen LogP contribution in [0.15, 0.2) is 140 Å². The van der Waals surface area contributed by atoms with Crippen LogP contribution >= 0.6 is 0 Å². The summed E-state index contributed by atoms with van der Waals surface area (Å²) in [6, 6.07) is 30.7. The molecule has 67 heavy (non-hydrogen) atoms. The number of nitrogens with zero attached hydrogens (tertiary/aromatic N) is 3. The first kappa shape index (κ1) is 45.2. The van der Waals surface area contributed by atoms with Crippen LogP contribution in [-0.2, 0) is 35.9 Å². The first-order chi connectivity index (χ1) is 32.5. The molecule has 340 valence electrons. The van der Waals surface area contributed by atoms with Crippen molar-refractivity contribution in [3.63, 3.8) is 0 Å². The summed E-state index contributed by atoms with van der Waals surface area (Å²) in [6.45, 7) is 2.81. The minimum Gasteiger partial charge on any atom is -0.491 e. The first-order valence-electron chi connectivity index (χ1n) is 21.2. The molecular formula is C50H44N6O11. The van der Waals surface area contributed by atoms with E-state index in [1.54, 1.807) is 36.4 Å². The molecule has 1 spiro atoms. The van der Waals surface area contributed by atoms with E-state index in [2.05, 4.69) is 29.1 Å². The predicted octanol–water partition coefficient (Wildman–Crippen LogP) is 5.29. The number of fused-ring (bicyclic) bond motifs is 3. The van der Waals surface area contributed by atoms with Crippen LogP contribution in [-0.4, -0.2) is 77.2 Å². The molecule has 17 heteroatoms. The number of ether oxygens (including phenoxy) is 3. The zero-order valence-electron chi connectivity index (χ0n) is 35.8. The smallest absolute Gasteiger partial charge is 0.421 e. The van der Waals surface area contributed by atoms with Crippen LogP contribution in [0.4, 0.5) is 21.0 Å². The summed E-state index contributed by atoms with van der Waals surface area (Å²) in [5, 5.41) is 26.3. The highest BCUT2D eigenvalue weighted by molar-refractivity contribution is 6.23. The molecule has 0 unspecified atom stereocenters. The number of cyclic esters (lactones) is 1. The number of morpholine rings is 1. The van der Waals surface area contributed by atoms with Crippen molar-refractivity contribution in [3.8, 4) is 17.6 Å². The van der Waals surface area contributed by atoms with Crippen molar-refractivity contribution in [2.75, 3.05) is 31.2 Å². The van der Waals surface area contributed by atoms with Crippen molar-refractivity contribution < 1.29 is 48.2 Å². The second kappa shape index (κ2) is 19.4. The molecule has 17 nitrogen and oxygen atoms in total. The van der Waals surface area contributed by atoms with Crippen LogP contribution < -0.4 is 26.0 Å². The number of urea groups is 1. The van der Waals surface area contributed by atoms with E-state index in [1.165, 1.54) is 36.4 Å². The van der Waals surface area contributed by atoms with Gasteiger partial charge in [-0.1, -0.05) is 90.7 Å². The van der Waals surface area contributed by atoms with Crippen LogP contribution in [0.5, 0.6) is 5.75 Å². The maximum Gasteiger partial charge on any atom is 0.421 e. The van der Waals surface area contributed by atoms with E-state index in [4.69, 9.17) is 19.9 Å². The molecule has 0 bridgehead atoms. The number of carbonyl (C=O) groups is 5. The molecule has 3 aliphatic rings. The Bertz CT molecular complexity index is 2800. The van der Waals surface area contributed by atoms with Gasteiger partial charge in [0.1, 0.15) is 36.5 Å². The average molecular weight is 905 g/mol. The van der Waals surface area contributed by atoms with E-state index in [0.29, 0.717) is 33.6 Å². The second-order valence-corrected chi connectivity index (χ2v) is 15.8. The van der Waals surface area contributed by atoms with Gasteiger partial charge >= 0.3 is 18.1 Å². The molecular weight excluding hydrogens is 861 g/mol. The summed E-state index contributed by atoms with van der Waals surface area (Å²) >= 11 is 0. The monoisotopic (exact) mass is 904 g/mol. The summed E-state index contributed by atoms with van der Waals surface area (Å²) in [7, 11) is 0. The lowest BCUT2D eigenvalue weighted by Crippen LogP contribution is -2.55. The van der Waals surface area contributed by atoms with Gasteiger partial charge in [0, 0.05) is 24.2 Å². The fourth-order valence-corrected chi connectivity index (χ4v) is 9.39. The van der Waals surface area contributed by atoms with Crippen molar-refractivity contribution in [2.24, 2.45) is 11.7 Å². The zero-order valence-corrected chi connectivity index (χ0v) is 35.8. The standard InChI is InChI=1S/C50H44N6O11/c1-2-24-52-45(58)40-42-46(59)67-43(34-14-7-4-8-15-34)41(33-12-5-3-6-13-33)55(42)44(35-16-9-17-37(29-35)65-27-26-57)50(40)38-28-31(11-10-25-53-48(51)61)20-23-39(38)54(47(50)60)49(62)66-30-32-18-21-36(22-19-32)56(63)64/h2-9,12-23,28-29,40-44,57H,1,24-27,30H2,(H,52,58)(H3,51,53,61)/t40-,41-,42-,43+,44+,50-/m1/s1. The van der Waals surface area contributed by atoms with E-state index in [0.717, 1.165) is 4.90 Å². The fourth-order valence-electron chi connectivity index (χ4n) is 9.39. The minimum absolute atomic E-state index is 0.0304. The normalized spacial score (nSPS) is 21.5. The largest absolute Gasteiger partial charge is 0.491 e. The van der Waals surface area contributed by atoms with Gasteiger partial charge < -0.3 is 35.7 Å². The van der Waals surface area contributed by atoms with Crippen molar-refractivity contribution in [2.45, 2.75) is 36.3 Å². The minimum atomic E-state index is -2.16. The Morgan fingerprint density at radius 1 is 0.896 bits per heavy atom. The average Bonchev–Trinajstić information content (AvgIpc) is 3.80. The van der Waals surface area contributed by atoms with Crippen molar-refractivity contribution in [1.29, 1.82) is 0 Å². The van der Waals surface area contributed by atoms with Gasteiger partial charge in [-0.15, -0.1) is 6.58 Å². The molecule has 2 fully saturated rings. The second-order valence-electron chi connectivity index (χ2n) is 15.8. The number of rotatable bonds is 13. The topological polar surface area (TPSA) is 233 Å². The predicted molar refractivity (Wildman–Crippen MR) is 242 cm³/mol. The SMILES string of the molecule is C=CCNC(=O)[C@H]1[C@@H]2C(=O)O[C@@H](c3ccccc3)[C@@H](c3ccccc3)N2[C@@H](c2cccc(OCCO)c2)[C@]12C(=O)N(C(=O)OCc1ccc([N+](=O)[O-])cc1)c1ccc(C#CCNC(N)=O)cc12. The molecule has 5 aromatic rings. The van der Waals surface area contributed by atoms with Gasteiger partial charge in [0.15, 0.2) is 0 Å². The highest BCUT2D eigenvalue weighted by Crippen LogP contribution is 2.66. The summed E-state index contributed by atoms with van der Waals surface area (Å²) in [5.41, 5.74) is 5.54. The molecule has 5 aromatic carbocycles. The number of benzene rings is 5. The summed E-state index contributed by atoms with van der Waals surface area (Å²) in [6.07, 6.45) is -0.664. The first-order valence-corrected chi connectivity index (χ1v) is 21.2. The quantitative estimate of drug-likeness (QED) is 0.0388. The highest BCUT2D eigenvalue weighted by atomic mass is 16.6. The van der Waals surface area contributed by atoms with Gasteiger partial charge in [-0.25, -0.2) is 14.5 Å². The number of esters is 1. The number of aliphatic hydroxyl groups is 1. The zero-order chi connectivity index (χ0) is 47.2. The Labute approximate surface area is 384 Å². The lowest BCUT2D eigenvalue weighted by Gasteiger charge is -2.46. The molecule has 0 radical (unpaired) electrons. The number of hydrogen-bond donors (Lipinski definition) is 4. The van der Waals surface area contributed by atoms with Crippen LogP contribution in [0, 0.1) is 27.9 Å². The molecule has 0 aliphatic carbocycles. The lowest BCUT2D eigenvalue weighted by molar-refractivity contribution is -0.384. The van der Waals surface area contributed by atoms with Gasteiger partial charge in [0.2, 0.25) is 11.8 Å². The maximum atomic E-state index is 16.3. The molecule has 2 saturated heterocycles. The lowest BCUT2D eigenvalue weighted by atomic mass is 9.65. The molecule has 3 heterocycles. The van der Waals surface area contributed by atoms with E-state index < -0.39 is 77.0 Å². The van der Waals surface area contributed by atoms with Gasteiger partial charge in [-0.3, -0.25) is 29.4 Å².